The molecule has 0 aliphatic carbocycles. The predicted octanol–water partition coefficient (Wildman–Crippen LogP) is 11.6. The molecule has 2 N–H and O–H groups in total. The SMILES string of the molecule is c1ccc(C2=NC(c3ccc(-c4ccc5ccc6ccccc6c5c4)cc3)NC(c3ccc(-c4ccccc4)c4oc5ccccc5c34)N2)cc1. The van der Waals surface area contributed by atoms with Crippen LogP contribution in [0, 0.1) is 0 Å². The van der Waals surface area contributed by atoms with Gasteiger partial charge in [0.15, 0.2) is 0 Å². The summed E-state index contributed by atoms with van der Waals surface area (Å²) in [4.78, 5) is 5.24. The molecule has 2 heterocycles. The first-order valence-electron chi connectivity index (χ1n) is 17.4. The van der Waals surface area contributed by atoms with Gasteiger partial charge >= 0.3 is 0 Å². The molecular formula is C47H33N3O. The van der Waals surface area contributed by atoms with E-state index in [1.807, 2.05) is 18.2 Å². The first-order chi connectivity index (χ1) is 25.3. The molecule has 0 radical (unpaired) electrons. The number of rotatable bonds is 5. The zero-order valence-corrected chi connectivity index (χ0v) is 27.8. The second-order valence-corrected chi connectivity index (χ2v) is 13.2. The van der Waals surface area contributed by atoms with E-state index in [4.69, 9.17) is 9.41 Å². The number of fused-ring (bicyclic) bond motifs is 6. The lowest BCUT2D eigenvalue weighted by Gasteiger charge is -2.32. The summed E-state index contributed by atoms with van der Waals surface area (Å²) >= 11 is 0. The van der Waals surface area contributed by atoms with Gasteiger partial charge in [-0.05, 0) is 55.9 Å². The summed E-state index contributed by atoms with van der Waals surface area (Å²) in [6, 6.07) is 62.2. The van der Waals surface area contributed by atoms with E-state index in [2.05, 4.69) is 168 Å². The van der Waals surface area contributed by atoms with Crippen LogP contribution in [0.3, 0.4) is 0 Å². The van der Waals surface area contributed by atoms with Crippen molar-refractivity contribution in [2.45, 2.75) is 12.3 Å². The normalized spacial score (nSPS) is 16.0. The van der Waals surface area contributed by atoms with Crippen molar-refractivity contribution in [3.05, 3.63) is 193 Å². The molecule has 0 bridgehead atoms. The molecule has 242 valence electrons. The molecule has 0 saturated carbocycles. The van der Waals surface area contributed by atoms with Crippen LogP contribution in [-0.4, -0.2) is 5.84 Å². The molecule has 2 atom stereocenters. The number of hydrogen-bond acceptors (Lipinski definition) is 4. The van der Waals surface area contributed by atoms with Crippen molar-refractivity contribution in [2.24, 2.45) is 4.99 Å². The standard InChI is InChI=1S/C47H33N3O/c1-3-11-31(12-4-1)38-27-28-40(43-39-17-9-10-18-42(39)51-44(38)43)47-49-45(34-14-5-2-6-15-34)48-46(50-47)35-24-19-30(20-25-35)36-26-23-33-22-21-32-13-7-8-16-37(32)41(33)29-36/h1-29,46-47,50H,(H,48,49). The topological polar surface area (TPSA) is 49.6 Å². The van der Waals surface area contributed by atoms with Gasteiger partial charge in [-0.25, -0.2) is 4.99 Å². The van der Waals surface area contributed by atoms with Gasteiger partial charge in [-0.15, -0.1) is 0 Å². The van der Waals surface area contributed by atoms with Crippen molar-refractivity contribution in [3.63, 3.8) is 0 Å². The van der Waals surface area contributed by atoms with Gasteiger partial charge in [-0.3, -0.25) is 5.32 Å². The lowest BCUT2D eigenvalue weighted by atomic mass is 9.95. The second kappa shape index (κ2) is 12.1. The minimum absolute atomic E-state index is 0.232. The highest BCUT2D eigenvalue weighted by Gasteiger charge is 2.29. The Bertz CT molecular complexity index is 2750. The zero-order valence-electron chi connectivity index (χ0n) is 27.8. The maximum Gasteiger partial charge on any atom is 0.143 e. The smallest absolute Gasteiger partial charge is 0.143 e. The average Bonchev–Trinajstić information content (AvgIpc) is 3.61. The average molecular weight is 656 g/mol. The Labute approximate surface area is 295 Å². The molecule has 0 spiro atoms. The number of para-hydroxylation sites is 1. The largest absolute Gasteiger partial charge is 0.455 e. The fraction of sp³-hybridized carbons (Fsp3) is 0.0426. The van der Waals surface area contributed by atoms with E-state index in [0.717, 1.165) is 55.6 Å². The van der Waals surface area contributed by atoms with Crippen LogP contribution in [0.1, 0.15) is 29.0 Å². The van der Waals surface area contributed by atoms with Crippen LogP contribution in [-0.2, 0) is 0 Å². The summed E-state index contributed by atoms with van der Waals surface area (Å²) in [6.07, 6.45) is -0.507. The third-order valence-corrected chi connectivity index (χ3v) is 10.2. The summed E-state index contributed by atoms with van der Waals surface area (Å²) in [7, 11) is 0. The molecule has 1 aliphatic heterocycles. The number of nitrogens with zero attached hydrogens (tertiary/aromatic N) is 1. The highest BCUT2D eigenvalue weighted by atomic mass is 16.3. The molecule has 9 aromatic rings. The fourth-order valence-corrected chi connectivity index (χ4v) is 7.61. The third kappa shape index (κ3) is 5.16. The number of amidine groups is 1. The zero-order chi connectivity index (χ0) is 33.7. The summed E-state index contributed by atoms with van der Waals surface area (Å²) in [5.74, 6) is 0.850. The van der Waals surface area contributed by atoms with Gasteiger partial charge in [0.25, 0.3) is 0 Å². The quantitative estimate of drug-likeness (QED) is 0.181. The van der Waals surface area contributed by atoms with Gasteiger partial charge in [-0.1, -0.05) is 164 Å². The van der Waals surface area contributed by atoms with Crippen LogP contribution in [0.5, 0.6) is 0 Å². The maximum atomic E-state index is 6.61. The van der Waals surface area contributed by atoms with E-state index in [1.54, 1.807) is 0 Å². The van der Waals surface area contributed by atoms with Gasteiger partial charge in [0, 0.05) is 27.5 Å². The molecule has 4 nitrogen and oxygen atoms in total. The molecule has 0 amide bonds. The lowest BCUT2D eigenvalue weighted by molar-refractivity contribution is 0.411. The molecule has 2 unspecified atom stereocenters. The molecule has 0 fully saturated rings. The Kier molecular flexibility index (Phi) is 7.00. The van der Waals surface area contributed by atoms with E-state index in [0.29, 0.717) is 0 Å². The van der Waals surface area contributed by atoms with Crippen LogP contribution < -0.4 is 10.6 Å². The van der Waals surface area contributed by atoms with Crippen molar-refractivity contribution >= 4 is 49.3 Å². The van der Waals surface area contributed by atoms with Gasteiger partial charge in [0.2, 0.25) is 0 Å². The Balaban J connectivity index is 1.06. The van der Waals surface area contributed by atoms with E-state index in [-0.39, 0.29) is 12.3 Å². The van der Waals surface area contributed by atoms with Crippen molar-refractivity contribution < 1.29 is 4.42 Å². The summed E-state index contributed by atoms with van der Waals surface area (Å²) in [5, 5.41) is 14.9. The number of benzene rings is 8. The van der Waals surface area contributed by atoms with Crippen molar-refractivity contribution in [2.75, 3.05) is 0 Å². The highest BCUT2D eigenvalue weighted by Crippen LogP contribution is 2.41. The molecule has 51 heavy (non-hydrogen) atoms. The Morgan fingerprint density at radius 1 is 0.490 bits per heavy atom. The lowest BCUT2D eigenvalue weighted by Crippen LogP contribution is -2.45. The first-order valence-corrected chi connectivity index (χ1v) is 17.4. The third-order valence-electron chi connectivity index (χ3n) is 10.2. The number of nitrogens with one attached hydrogen (secondary N) is 2. The summed E-state index contributed by atoms with van der Waals surface area (Å²) in [6.45, 7) is 0. The van der Waals surface area contributed by atoms with E-state index in [1.165, 1.54) is 32.7 Å². The Morgan fingerprint density at radius 3 is 1.94 bits per heavy atom. The van der Waals surface area contributed by atoms with E-state index in [9.17, 15) is 0 Å². The maximum absolute atomic E-state index is 6.61. The van der Waals surface area contributed by atoms with Crippen molar-refractivity contribution in [1.29, 1.82) is 0 Å². The van der Waals surface area contributed by atoms with Crippen molar-refractivity contribution in [1.82, 2.24) is 10.6 Å². The van der Waals surface area contributed by atoms with Crippen LogP contribution in [0.2, 0.25) is 0 Å². The highest BCUT2D eigenvalue weighted by molar-refractivity contribution is 6.12. The molecular weight excluding hydrogens is 623 g/mol. The van der Waals surface area contributed by atoms with Crippen molar-refractivity contribution in [3.8, 4) is 22.3 Å². The summed E-state index contributed by atoms with van der Waals surface area (Å²) in [5.41, 5.74) is 9.59. The minimum atomic E-state index is -0.275. The van der Waals surface area contributed by atoms with Gasteiger partial charge < -0.3 is 9.73 Å². The first kappa shape index (κ1) is 29.4. The number of furan rings is 1. The second-order valence-electron chi connectivity index (χ2n) is 13.2. The monoisotopic (exact) mass is 655 g/mol. The minimum Gasteiger partial charge on any atom is -0.455 e. The van der Waals surface area contributed by atoms with Crippen LogP contribution in [0.4, 0.5) is 0 Å². The molecule has 1 aliphatic rings. The number of hydrogen-bond donors (Lipinski definition) is 2. The van der Waals surface area contributed by atoms with E-state index < -0.39 is 0 Å². The Hall–Kier alpha value is -6.49. The summed E-state index contributed by atoms with van der Waals surface area (Å²) < 4.78 is 6.61. The Morgan fingerprint density at radius 2 is 1.14 bits per heavy atom. The fourth-order valence-electron chi connectivity index (χ4n) is 7.61. The van der Waals surface area contributed by atoms with Gasteiger partial charge in [-0.2, -0.15) is 0 Å². The molecule has 0 saturated heterocycles. The van der Waals surface area contributed by atoms with Crippen LogP contribution >= 0.6 is 0 Å². The van der Waals surface area contributed by atoms with Gasteiger partial charge in [0.1, 0.15) is 29.3 Å². The van der Waals surface area contributed by atoms with Crippen LogP contribution in [0.25, 0.3) is 65.7 Å². The van der Waals surface area contributed by atoms with Gasteiger partial charge in [0.05, 0.1) is 0 Å². The van der Waals surface area contributed by atoms with E-state index >= 15 is 0 Å². The molecule has 10 rings (SSSR count). The van der Waals surface area contributed by atoms with Crippen LogP contribution in [0.15, 0.2) is 185 Å². The number of aliphatic imine (C=N–C) groups is 1. The predicted molar refractivity (Wildman–Crippen MR) is 211 cm³/mol. The molecule has 1 aromatic heterocycles. The molecule has 8 aromatic carbocycles. The molecule has 4 heteroatoms.